The zero-order valence-electron chi connectivity index (χ0n) is 11.8. The maximum atomic E-state index is 10.4. The molecular formula is C15H23NO3. The van der Waals surface area contributed by atoms with E-state index in [1.54, 1.807) is 0 Å². The van der Waals surface area contributed by atoms with Crippen LogP contribution in [0.2, 0.25) is 0 Å². The van der Waals surface area contributed by atoms with Crippen LogP contribution in [-0.4, -0.2) is 23.7 Å². The first-order valence-electron chi connectivity index (χ1n) is 6.71. The van der Waals surface area contributed by atoms with Gasteiger partial charge in [0.15, 0.2) is 0 Å². The molecule has 1 unspecified atom stereocenters. The number of carboxylic acids is 1. The van der Waals surface area contributed by atoms with Gasteiger partial charge in [0.05, 0.1) is 6.10 Å². The molecule has 0 aliphatic rings. The predicted molar refractivity (Wildman–Crippen MR) is 75.5 cm³/mol. The van der Waals surface area contributed by atoms with Crippen LogP contribution in [0.15, 0.2) is 24.3 Å². The van der Waals surface area contributed by atoms with Gasteiger partial charge in [-0.1, -0.05) is 12.1 Å². The van der Waals surface area contributed by atoms with Gasteiger partial charge in [0.2, 0.25) is 0 Å². The monoisotopic (exact) mass is 265 g/mol. The lowest BCUT2D eigenvalue weighted by molar-refractivity contribution is -0.137. The van der Waals surface area contributed by atoms with Crippen molar-refractivity contribution >= 4 is 5.97 Å². The molecule has 0 aliphatic carbocycles. The summed E-state index contributed by atoms with van der Waals surface area (Å²) in [5.74, 6) is 0.126. The van der Waals surface area contributed by atoms with Gasteiger partial charge >= 0.3 is 5.97 Å². The van der Waals surface area contributed by atoms with Crippen LogP contribution in [0, 0.1) is 0 Å². The number of hydrogen-bond acceptors (Lipinski definition) is 3. The fraction of sp³-hybridized carbons (Fsp3) is 0.533. The topological polar surface area (TPSA) is 58.6 Å². The van der Waals surface area contributed by atoms with Gasteiger partial charge in [-0.15, -0.1) is 0 Å². The third kappa shape index (κ3) is 6.25. The molecule has 19 heavy (non-hydrogen) atoms. The van der Waals surface area contributed by atoms with Crippen molar-refractivity contribution in [2.75, 3.05) is 6.54 Å². The Morgan fingerprint density at radius 2 is 1.89 bits per heavy atom. The Morgan fingerprint density at radius 1 is 1.26 bits per heavy atom. The predicted octanol–water partition coefficient (Wildman–Crippen LogP) is 2.99. The van der Waals surface area contributed by atoms with Gasteiger partial charge in [-0.25, -0.2) is 0 Å². The van der Waals surface area contributed by atoms with Crippen molar-refractivity contribution in [3.8, 4) is 5.75 Å². The molecule has 0 bridgehead atoms. The van der Waals surface area contributed by atoms with E-state index in [-0.39, 0.29) is 18.6 Å². The van der Waals surface area contributed by atoms with E-state index >= 15 is 0 Å². The molecule has 1 aromatic carbocycles. The number of benzene rings is 1. The minimum absolute atomic E-state index is 0.178. The van der Waals surface area contributed by atoms with E-state index < -0.39 is 5.97 Å². The average Bonchev–Trinajstić information content (AvgIpc) is 2.34. The molecule has 0 aromatic heterocycles. The average molecular weight is 265 g/mol. The van der Waals surface area contributed by atoms with E-state index in [2.05, 4.69) is 12.2 Å². The van der Waals surface area contributed by atoms with Gasteiger partial charge < -0.3 is 15.2 Å². The summed E-state index contributed by atoms with van der Waals surface area (Å²) in [4.78, 5) is 10.4. The summed E-state index contributed by atoms with van der Waals surface area (Å²) in [5.41, 5.74) is 1.17. The highest BCUT2D eigenvalue weighted by Crippen LogP contribution is 2.18. The summed E-state index contributed by atoms with van der Waals surface area (Å²) < 4.78 is 5.59. The molecular weight excluding hydrogens is 242 g/mol. The molecule has 1 atom stereocenters. The molecule has 0 radical (unpaired) electrons. The minimum Gasteiger partial charge on any atom is -0.491 e. The van der Waals surface area contributed by atoms with Crippen LogP contribution in [0.4, 0.5) is 0 Å². The summed E-state index contributed by atoms with van der Waals surface area (Å²) in [5, 5.41) is 11.9. The van der Waals surface area contributed by atoms with Gasteiger partial charge in [0.1, 0.15) is 5.75 Å². The molecule has 4 heteroatoms. The van der Waals surface area contributed by atoms with Crippen molar-refractivity contribution in [1.29, 1.82) is 0 Å². The maximum Gasteiger partial charge on any atom is 0.303 e. The van der Waals surface area contributed by atoms with Crippen LogP contribution >= 0.6 is 0 Å². The minimum atomic E-state index is -0.746. The fourth-order valence-corrected chi connectivity index (χ4v) is 1.78. The Kier molecular flexibility index (Phi) is 6.36. The number of nitrogens with one attached hydrogen (secondary N) is 1. The van der Waals surface area contributed by atoms with Crippen LogP contribution in [0.3, 0.4) is 0 Å². The summed E-state index contributed by atoms with van der Waals surface area (Å²) in [7, 11) is 0. The number of ether oxygens (including phenoxy) is 1. The summed E-state index contributed by atoms with van der Waals surface area (Å²) in [6, 6.07) is 8.20. The van der Waals surface area contributed by atoms with Crippen LogP contribution in [0.25, 0.3) is 0 Å². The highest BCUT2D eigenvalue weighted by Gasteiger charge is 2.05. The number of hydrogen-bond donors (Lipinski definition) is 2. The third-order valence-electron chi connectivity index (χ3n) is 2.77. The first-order valence-corrected chi connectivity index (χ1v) is 6.71. The van der Waals surface area contributed by atoms with E-state index in [4.69, 9.17) is 9.84 Å². The molecule has 1 aromatic rings. The maximum absolute atomic E-state index is 10.4. The number of carbonyl (C=O) groups is 1. The van der Waals surface area contributed by atoms with Crippen LogP contribution < -0.4 is 10.1 Å². The van der Waals surface area contributed by atoms with E-state index in [0.717, 1.165) is 5.75 Å². The smallest absolute Gasteiger partial charge is 0.303 e. The lowest BCUT2D eigenvalue weighted by Gasteiger charge is -2.15. The Morgan fingerprint density at radius 3 is 2.42 bits per heavy atom. The Hall–Kier alpha value is -1.55. The quantitative estimate of drug-likeness (QED) is 0.709. The first-order chi connectivity index (χ1) is 8.99. The first kappa shape index (κ1) is 15.5. The van der Waals surface area contributed by atoms with Crippen molar-refractivity contribution in [1.82, 2.24) is 5.32 Å². The van der Waals surface area contributed by atoms with Gasteiger partial charge in [0, 0.05) is 12.5 Å². The summed E-state index contributed by atoms with van der Waals surface area (Å²) in [6.07, 6.45) is 1.03. The van der Waals surface area contributed by atoms with Gasteiger partial charge in [-0.2, -0.15) is 0 Å². The molecule has 106 valence electrons. The molecule has 0 fully saturated rings. The van der Waals surface area contributed by atoms with Crippen molar-refractivity contribution in [3.05, 3.63) is 29.8 Å². The molecule has 4 nitrogen and oxygen atoms in total. The Bertz CT molecular complexity index is 387. The molecule has 0 heterocycles. The fourth-order valence-electron chi connectivity index (χ4n) is 1.78. The number of rotatable bonds is 8. The molecule has 1 rings (SSSR count). The second-order valence-electron chi connectivity index (χ2n) is 4.91. The molecule has 0 amide bonds. The lowest BCUT2D eigenvalue weighted by Crippen LogP contribution is -2.20. The molecule has 0 saturated heterocycles. The van der Waals surface area contributed by atoms with Crippen LogP contribution in [0.5, 0.6) is 5.75 Å². The van der Waals surface area contributed by atoms with Crippen molar-refractivity contribution in [2.45, 2.75) is 45.8 Å². The van der Waals surface area contributed by atoms with E-state index in [1.807, 2.05) is 38.1 Å². The number of aliphatic carboxylic acids is 1. The molecule has 0 aliphatic heterocycles. The third-order valence-corrected chi connectivity index (χ3v) is 2.77. The van der Waals surface area contributed by atoms with Gasteiger partial charge in [-0.3, -0.25) is 4.79 Å². The molecule has 0 spiro atoms. The van der Waals surface area contributed by atoms with Crippen molar-refractivity contribution in [2.24, 2.45) is 0 Å². The molecule has 2 N–H and O–H groups in total. The second kappa shape index (κ2) is 7.79. The van der Waals surface area contributed by atoms with Crippen molar-refractivity contribution < 1.29 is 14.6 Å². The number of carboxylic acid groups (broad SMARTS) is 1. The molecule has 0 saturated carbocycles. The van der Waals surface area contributed by atoms with Crippen LogP contribution in [0.1, 0.15) is 45.2 Å². The van der Waals surface area contributed by atoms with Crippen molar-refractivity contribution in [3.63, 3.8) is 0 Å². The normalized spacial score (nSPS) is 12.4. The summed E-state index contributed by atoms with van der Waals surface area (Å²) in [6.45, 7) is 6.78. The lowest BCUT2D eigenvalue weighted by atomic mass is 10.1. The van der Waals surface area contributed by atoms with E-state index in [9.17, 15) is 4.79 Å². The standard InChI is InChI=1S/C15H23NO3/c1-11(2)19-14-8-6-13(7-9-14)12(3)16-10-4-5-15(17)18/h6-9,11-12,16H,4-5,10H2,1-3H3,(H,17,18). The second-order valence-corrected chi connectivity index (χ2v) is 4.91. The van der Waals surface area contributed by atoms with Gasteiger partial charge in [-0.05, 0) is 51.4 Å². The highest BCUT2D eigenvalue weighted by molar-refractivity contribution is 5.66. The zero-order valence-corrected chi connectivity index (χ0v) is 11.8. The van der Waals surface area contributed by atoms with E-state index in [0.29, 0.717) is 13.0 Å². The SMILES string of the molecule is CC(C)Oc1ccc(C(C)NCCCC(=O)O)cc1. The van der Waals surface area contributed by atoms with Crippen LogP contribution in [-0.2, 0) is 4.79 Å². The Labute approximate surface area is 114 Å². The summed E-state index contributed by atoms with van der Waals surface area (Å²) >= 11 is 0. The Balaban J connectivity index is 2.39. The zero-order chi connectivity index (χ0) is 14.3. The van der Waals surface area contributed by atoms with E-state index in [1.165, 1.54) is 5.56 Å². The van der Waals surface area contributed by atoms with Gasteiger partial charge in [0.25, 0.3) is 0 Å². The highest BCUT2D eigenvalue weighted by atomic mass is 16.5. The largest absolute Gasteiger partial charge is 0.491 e.